The molecule has 0 atom stereocenters. The number of carbonyl (C=O) groups excluding carboxylic acids is 1. The van der Waals surface area contributed by atoms with Crippen molar-refractivity contribution in [3.05, 3.63) is 49.2 Å². The fourth-order valence-corrected chi connectivity index (χ4v) is 0.888. The van der Waals surface area contributed by atoms with E-state index in [9.17, 15) is 4.79 Å². The van der Waals surface area contributed by atoms with Gasteiger partial charge < -0.3 is 18.1 Å². The van der Waals surface area contributed by atoms with E-state index >= 15 is 0 Å². The second-order valence-electron chi connectivity index (χ2n) is 5.93. The molecule has 3 nitrogen and oxygen atoms in total. The molecular weight excluding hydrogens is 885 g/mol. The molecule has 0 spiro atoms. The molecule has 0 aliphatic rings. The summed E-state index contributed by atoms with van der Waals surface area (Å²) in [5.74, 6) is 1.15. The monoisotopic (exact) mass is 914 g/mol. The molecule has 1 aromatic carbocycles. The summed E-state index contributed by atoms with van der Waals surface area (Å²) in [6.45, 7) is 13.8. The van der Waals surface area contributed by atoms with Gasteiger partial charge in [-0.15, -0.1) is 0 Å². The van der Waals surface area contributed by atoms with Gasteiger partial charge in [-0.05, 0) is 11.0 Å². The normalized spacial score (nSPS) is 7.14. The van der Waals surface area contributed by atoms with Crippen molar-refractivity contribution in [2.24, 2.45) is 5.41 Å². The van der Waals surface area contributed by atoms with E-state index in [-0.39, 0.29) is 248 Å². The van der Waals surface area contributed by atoms with Gasteiger partial charge >= 0.3 is 5.97 Å². The van der Waals surface area contributed by atoms with Gasteiger partial charge in [0.25, 0.3) is 0 Å². The summed E-state index contributed by atoms with van der Waals surface area (Å²) in [5, 5.41) is 6.99. The molecule has 7 radical (unpaired) electrons. The van der Waals surface area contributed by atoms with Gasteiger partial charge in [-0.3, -0.25) is 0 Å². The molecule has 0 unspecified atom stereocenters. The molecule has 0 N–H and O–H groups in total. The molecular formula is C18H28NO2Y7-3. The summed E-state index contributed by atoms with van der Waals surface area (Å²) in [5.41, 5.74) is 0.587. The molecule has 0 aromatic heterocycles. The molecule has 0 aliphatic carbocycles. The average molecular weight is 914 g/mol. The van der Waals surface area contributed by atoms with Crippen molar-refractivity contribution >= 4 is 5.97 Å². The maximum Gasteiger partial charge on any atom is 0.313 e. The molecule has 1 aromatic rings. The Balaban J connectivity index is -0.0000000268. The van der Waals surface area contributed by atoms with Crippen molar-refractivity contribution in [2.75, 3.05) is 6.61 Å². The Kier molecular flexibility index (Phi) is 90.9. The number of hydrogen-bond acceptors (Lipinski definition) is 3. The number of benzene rings is 1. The van der Waals surface area contributed by atoms with Crippen molar-refractivity contribution in [1.29, 1.82) is 5.26 Å². The number of carbonyl (C=O) groups is 1. The van der Waals surface area contributed by atoms with Gasteiger partial charge in [0.15, 0.2) is 1.37 Å². The van der Waals surface area contributed by atoms with Crippen molar-refractivity contribution in [3.63, 3.8) is 0 Å². The summed E-state index contributed by atoms with van der Waals surface area (Å²) >= 11 is 0. The van der Waals surface area contributed by atoms with Crippen LogP contribution in [-0.2, 0) is 234 Å². The summed E-state index contributed by atoms with van der Waals surface area (Å²) in [6.07, 6.45) is 0. The van der Waals surface area contributed by atoms with Crippen LogP contribution in [0.2, 0.25) is 0 Å². The minimum atomic E-state index is -0.270. The summed E-state index contributed by atoms with van der Waals surface area (Å²) < 4.78 is 10.7. The first-order valence-corrected chi connectivity index (χ1v) is 6.35. The van der Waals surface area contributed by atoms with E-state index < -0.39 is 0 Å². The Morgan fingerprint density at radius 1 is 1.07 bits per heavy atom. The minimum absolute atomic E-state index is 0. The van der Waals surface area contributed by atoms with Crippen LogP contribution in [0.4, 0.5) is 0 Å². The summed E-state index contributed by atoms with van der Waals surface area (Å²) in [7, 11) is 0. The van der Waals surface area contributed by atoms with Crippen LogP contribution < -0.4 is 0 Å². The Morgan fingerprint density at radius 3 is 1.61 bits per heavy atom. The van der Waals surface area contributed by atoms with Crippen molar-refractivity contribution in [1.82, 2.24) is 0 Å². The molecule has 141 valence electrons. The Bertz CT molecular complexity index is 437. The van der Waals surface area contributed by atoms with E-state index in [1.165, 1.54) is 5.92 Å². The Morgan fingerprint density at radius 2 is 1.36 bits per heavy atom. The largest absolute Gasteiger partial charge is 0.463 e. The van der Waals surface area contributed by atoms with Gasteiger partial charge in [0.2, 0.25) is 0 Å². The number of hydrogen-bond donors (Lipinski definition) is 0. The summed E-state index contributed by atoms with van der Waals surface area (Å²) in [6, 6.07) is 9.66. The zero-order chi connectivity index (χ0) is 16.9. The zero-order valence-corrected chi connectivity index (χ0v) is 38.2. The second-order valence-corrected chi connectivity index (χ2v) is 5.93. The van der Waals surface area contributed by atoms with Gasteiger partial charge in [-0.25, -0.2) is 10.1 Å². The number of rotatable bonds is 2. The van der Waals surface area contributed by atoms with Crippen LogP contribution in [-0.4, -0.2) is 12.6 Å². The SMILES string of the molecule is CC(C)(C)COC(=O)c1cc[c-]cc1.C[C-](C)C.[2H]C#N.[CH3-].[Y].[Y].[Y].[Y].[Y].[Y].[Y]. The number of nitriles is 1. The van der Waals surface area contributed by atoms with Crippen molar-refractivity contribution in [2.45, 2.75) is 41.5 Å². The van der Waals surface area contributed by atoms with E-state index in [1.807, 2.05) is 20.8 Å². The first-order chi connectivity index (χ1) is 9.64. The Labute approximate surface area is 352 Å². The van der Waals surface area contributed by atoms with E-state index in [4.69, 9.17) is 11.4 Å². The fraction of sp³-hybridized carbons (Fsp3) is 0.444. The molecule has 0 saturated heterocycles. The van der Waals surface area contributed by atoms with Gasteiger partial charge in [0.05, 0.1) is 6.61 Å². The molecule has 1 rings (SSSR count). The first kappa shape index (κ1) is 59.2. The number of esters is 1. The van der Waals surface area contributed by atoms with E-state index in [1.54, 1.807) is 24.3 Å². The molecule has 0 amide bonds. The van der Waals surface area contributed by atoms with Gasteiger partial charge in [0.1, 0.15) is 0 Å². The van der Waals surface area contributed by atoms with Crippen LogP contribution >= 0.6 is 0 Å². The third-order valence-corrected chi connectivity index (χ3v) is 1.59. The minimum Gasteiger partial charge on any atom is -0.463 e. The van der Waals surface area contributed by atoms with E-state index in [0.29, 0.717) is 12.2 Å². The molecule has 28 heavy (non-hydrogen) atoms. The maximum absolute atomic E-state index is 11.5. The third-order valence-electron chi connectivity index (χ3n) is 1.59. The molecule has 0 heterocycles. The van der Waals surface area contributed by atoms with E-state index in [0.717, 1.165) is 6.55 Å². The predicted molar refractivity (Wildman–Crippen MR) is 88.4 cm³/mol. The van der Waals surface area contributed by atoms with Crippen molar-refractivity contribution < 1.29 is 240 Å². The Hall–Kier alpha value is 5.91. The first-order valence-electron chi connectivity index (χ1n) is 6.85. The molecule has 0 fully saturated rings. The second kappa shape index (κ2) is 43.0. The van der Waals surface area contributed by atoms with Crippen molar-refractivity contribution in [3.8, 4) is 6.55 Å². The van der Waals surface area contributed by atoms with Gasteiger partial charge in [-0.2, -0.15) is 51.1 Å². The third kappa shape index (κ3) is 53.3. The van der Waals surface area contributed by atoms with Crippen LogP contribution in [0.5, 0.6) is 0 Å². The van der Waals surface area contributed by atoms with Gasteiger partial charge in [-0.1, -0.05) is 20.8 Å². The van der Waals surface area contributed by atoms with Gasteiger partial charge in [0, 0.05) is 236 Å². The summed E-state index contributed by atoms with van der Waals surface area (Å²) in [4.78, 5) is 11.5. The van der Waals surface area contributed by atoms with E-state index in [2.05, 4.69) is 26.8 Å². The molecule has 0 bridgehead atoms. The van der Waals surface area contributed by atoms with Crippen LogP contribution in [0.3, 0.4) is 0 Å². The van der Waals surface area contributed by atoms with Crippen LogP contribution in [0.1, 0.15) is 53.3 Å². The quantitative estimate of drug-likeness (QED) is 0.315. The molecule has 10 heteroatoms. The zero-order valence-electron chi connectivity index (χ0n) is 19.3. The topological polar surface area (TPSA) is 50.1 Å². The molecule has 0 aliphatic heterocycles. The number of ether oxygens (including phenoxy) is 1. The fourth-order valence-electron chi connectivity index (χ4n) is 0.888. The smallest absolute Gasteiger partial charge is 0.313 e. The average Bonchev–Trinajstić information content (AvgIpc) is 2.36. The van der Waals surface area contributed by atoms with Crippen LogP contribution in [0.15, 0.2) is 24.3 Å². The van der Waals surface area contributed by atoms with Crippen LogP contribution in [0.25, 0.3) is 0 Å². The predicted octanol–water partition coefficient (Wildman–Crippen LogP) is 4.88. The maximum atomic E-state index is 11.5. The van der Waals surface area contributed by atoms with Crippen LogP contribution in [0, 0.1) is 36.6 Å². The number of nitrogens with zero attached hydrogens (tertiary/aromatic N) is 1. The standard InChI is InChI=1S/C12H15O2.C4H9.CHN.CH3.7Y/c1-12(2,3)9-14-11(13)10-7-5-4-6-8-10;1-4(2)3;1-2;;;;;;;;/h5-8H,9H2,1-3H3;1-3H3;1H;1H3;;;;;;;/q2*-1;;-1;;;;;;;/i;;1D;;;;;;;;. The molecule has 0 saturated carbocycles.